The molecule has 0 bridgehead atoms. The van der Waals surface area contributed by atoms with Gasteiger partial charge in [-0.05, 0) is 30.2 Å². The lowest BCUT2D eigenvalue weighted by molar-refractivity contribution is -0.123. The van der Waals surface area contributed by atoms with Crippen LogP contribution in [0.1, 0.15) is 13.8 Å². The molecule has 0 aliphatic heterocycles. The van der Waals surface area contributed by atoms with Crippen LogP contribution in [0, 0.1) is 5.92 Å². The van der Waals surface area contributed by atoms with Crippen molar-refractivity contribution in [2.24, 2.45) is 11.7 Å². The van der Waals surface area contributed by atoms with Crippen LogP contribution >= 0.6 is 23.4 Å². The highest BCUT2D eigenvalue weighted by atomic mass is 35.5. The number of amides is 3. The Morgan fingerprint density at radius 3 is 2.43 bits per heavy atom. The van der Waals surface area contributed by atoms with Gasteiger partial charge in [0.1, 0.15) is 6.04 Å². The number of nitrogens with two attached hydrogens (primary N) is 1. The second-order valence-corrected chi connectivity index (χ2v) is 6.43. The van der Waals surface area contributed by atoms with Gasteiger partial charge in [-0.2, -0.15) is 0 Å². The number of nitrogens with one attached hydrogen (secondary N) is 2. The normalized spacial score (nSPS) is 12.0. The van der Waals surface area contributed by atoms with E-state index in [0.29, 0.717) is 11.6 Å². The first kappa shape index (κ1) is 17.7. The van der Waals surface area contributed by atoms with E-state index in [0.717, 1.165) is 10.6 Å². The fourth-order valence-corrected chi connectivity index (χ4v) is 2.57. The Balaban J connectivity index is 2.34. The molecule has 0 unspecified atom stereocenters. The molecule has 0 saturated carbocycles. The summed E-state index contributed by atoms with van der Waals surface area (Å²) in [5.74, 6) is 0.483. The molecule has 116 valence electrons. The van der Waals surface area contributed by atoms with E-state index in [1.165, 1.54) is 0 Å². The molecule has 0 aromatic heterocycles. The Morgan fingerprint density at radius 1 is 1.29 bits per heavy atom. The number of primary amides is 1. The van der Waals surface area contributed by atoms with Crippen molar-refractivity contribution in [3.05, 3.63) is 29.3 Å². The van der Waals surface area contributed by atoms with Crippen molar-refractivity contribution in [1.29, 1.82) is 0 Å². The smallest absolute Gasteiger partial charge is 0.312 e. The summed E-state index contributed by atoms with van der Waals surface area (Å²) in [5.41, 5.74) is 5.07. The largest absolute Gasteiger partial charge is 0.353 e. The molecule has 0 spiro atoms. The van der Waals surface area contributed by atoms with Crippen LogP contribution in [-0.4, -0.2) is 30.3 Å². The highest BCUT2D eigenvalue weighted by Gasteiger charge is 2.22. The van der Waals surface area contributed by atoms with Crippen LogP contribution in [0.15, 0.2) is 29.2 Å². The lowest BCUT2D eigenvalue weighted by Gasteiger charge is -2.20. The average molecular weight is 330 g/mol. The van der Waals surface area contributed by atoms with Gasteiger partial charge in [-0.25, -0.2) is 4.79 Å². The van der Waals surface area contributed by atoms with Gasteiger partial charge in [-0.3, -0.25) is 4.79 Å². The predicted molar refractivity (Wildman–Crippen MR) is 86.5 cm³/mol. The molecule has 0 radical (unpaired) electrons. The minimum atomic E-state index is -0.695. The van der Waals surface area contributed by atoms with Crippen molar-refractivity contribution < 1.29 is 9.59 Å². The molecular weight excluding hydrogens is 310 g/mol. The first-order valence-electron chi connectivity index (χ1n) is 6.62. The molecule has 0 fully saturated rings. The first-order valence-corrected chi connectivity index (χ1v) is 7.98. The number of benzene rings is 1. The number of halogens is 1. The van der Waals surface area contributed by atoms with Gasteiger partial charge in [0, 0.05) is 22.2 Å². The highest BCUT2D eigenvalue weighted by molar-refractivity contribution is 7.99. The van der Waals surface area contributed by atoms with Crippen molar-refractivity contribution in [3.8, 4) is 0 Å². The van der Waals surface area contributed by atoms with Gasteiger partial charge in [0.25, 0.3) is 0 Å². The van der Waals surface area contributed by atoms with Crippen molar-refractivity contribution >= 4 is 35.3 Å². The number of rotatable bonds is 7. The van der Waals surface area contributed by atoms with Crippen molar-refractivity contribution in [2.75, 3.05) is 12.3 Å². The van der Waals surface area contributed by atoms with Gasteiger partial charge >= 0.3 is 6.03 Å². The molecule has 3 amide bonds. The molecule has 7 heteroatoms. The molecule has 0 heterocycles. The van der Waals surface area contributed by atoms with E-state index >= 15 is 0 Å². The molecule has 1 aromatic rings. The van der Waals surface area contributed by atoms with Gasteiger partial charge in [0.05, 0.1) is 0 Å². The molecule has 1 atom stereocenters. The van der Waals surface area contributed by atoms with Crippen LogP contribution in [0.2, 0.25) is 5.02 Å². The predicted octanol–water partition coefficient (Wildman–Crippen LogP) is 2.24. The third-order valence-electron chi connectivity index (χ3n) is 2.73. The number of hydrogen-bond acceptors (Lipinski definition) is 3. The zero-order valence-electron chi connectivity index (χ0n) is 12.1. The van der Waals surface area contributed by atoms with E-state index in [2.05, 4.69) is 10.6 Å². The van der Waals surface area contributed by atoms with Gasteiger partial charge in [0.15, 0.2) is 0 Å². The second kappa shape index (κ2) is 8.79. The molecule has 21 heavy (non-hydrogen) atoms. The molecule has 0 aliphatic rings. The van der Waals surface area contributed by atoms with E-state index in [4.69, 9.17) is 17.3 Å². The number of carbonyl (C=O) groups is 2. The Kier molecular flexibility index (Phi) is 7.39. The SMILES string of the molecule is CC(C)[C@H](NC(N)=O)C(=O)NCCSc1ccc(Cl)cc1. The van der Waals surface area contributed by atoms with Crippen LogP contribution in [-0.2, 0) is 4.79 Å². The van der Waals surface area contributed by atoms with E-state index in [9.17, 15) is 9.59 Å². The fraction of sp³-hybridized carbons (Fsp3) is 0.429. The summed E-state index contributed by atoms with van der Waals surface area (Å²) in [5, 5.41) is 5.94. The maximum atomic E-state index is 12.0. The Hall–Kier alpha value is -1.40. The van der Waals surface area contributed by atoms with Crippen LogP contribution in [0.3, 0.4) is 0 Å². The minimum absolute atomic E-state index is 0.0265. The molecule has 1 aromatic carbocycles. The zero-order valence-corrected chi connectivity index (χ0v) is 13.6. The summed E-state index contributed by atoms with van der Waals surface area (Å²) >= 11 is 7.43. The van der Waals surface area contributed by atoms with Gasteiger partial charge in [0.2, 0.25) is 5.91 Å². The molecule has 0 aliphatic carbocycles. The number of urea groups is 1. The minimum Gasteiger partial charge on any atom is -0.353 e. The lowest BCUT2D eigenvalue weighted by atomic mass is 10.0. The fourth-order valence-electron chi connectivity index (χ4n) is 1.67. The number of carbonyl (C=O) groups excluding carboxylic acids is 2. The zero-order chi connectivity index (χ0) is 15.8. The van der Waals surface area contributed by atoms with Crippen molar-refractivity contribution in [2.45, 2.75) is 24.8 Å². The van der Waals surface area contributed by atoms with Crippen LogP contribution in [0.4, 0.5) is 4.79 Å². The maximum Gasteiger partial charge on any atom is 0.312 e. The standard InChI is InChI=1S/C14H20ClN3O2S/c1-9(2)12(18-14(16)20)13(19)17-7-8-21-11-5-3-10(15)4-6-11/h3-6,9,12H,7-8H2,1-2H3,(H,17,19)(H3,16,18,20)/t12-/m0/s1. The summed E-state index contributed by atoms with van der Waals surface area (Å²) in [4.78, 5) is 23.9. The highest BCUT2D eigenvalue weighted by Crippen LogP contribution is 2.19. The van der Waals surface area contributed by atoms with Crippen molar-refractivity contribution in [1.82, 2.24) is 10.6 Å². The van der Waals surface area contributed by atoms with Crippen molar-refractivity contribution in [3.63, 3.8) is 0 Å². The van der Waals surface area contributed by atoms with Gasteiger partial charge in [-0.1, -0.05) is 25.4 Å². The summed E-state index contributed by atoms with van der Waals surface area (Å²) < 4.78 is 0. The quantitative estimate of drug-likeness (QED) is 0.530. The number of thioether (sulfide) groups is 1. The summed E-state index contributed by atoms with van der Waals surface area (Å²) in [6, 6.07) is 6.21. The van der Waals surface area contributed by atoms with Gasteiger partial charge < -0.3 is 16.4 Å². The first-order chi connectivity index (χ1) is 9.90. The third-order valence-corrected chi connectivity index (χ3v) is 4.00. The van der Waals surface area contributed by atoms with Crippen LogP contribution in [0.25, 0.3) is 0 Å². The van der Waals surface area contributed by atoms with Gasteiger partial charge in [-0.15, -0.1) is 11.8 Å². The Labute approximate surface area is 134 Å². The van der Waals surface area contributed by atoms with E-state index in [-0.39, 0.29) is 11.8 Å². The second-order valence-electron chi connectivity index (χ2n) is 4.82. The Morgan fingerprint density at radius 2 is 1.90 bits per heavy atom. The van der Waals surface area contributed by atoms with E-state index < -0.39 is 12.1 Å². The lowest BCUT2D eigenvalue weighted by Crippen LogP contribution is -2.51. The molecule has 5 nitrogen and oxygen atoms in total. The van der Waals surface area contributed by atoms with Crippen LogP contribution < -0.4 is 16.4 Å². The van der Waals surface area contributed by atoms with E-state index in [1.54, 1.807) is 11.8 Å². The summed E-state index contributed by atoms with van der Waals surface area (Å²) in [7, 11) is 0. The topological polar surface area (TPSA) is 84.2 Å². The Bertz CT molecular complexity index is 480. The monoisotopic (exact) mass is 329 g/mol. The van der Waals surface area contributed by atoms with Crippen LogP contribution in [0.5, 0.6) is 0 Å². The molecule has 0 saturated heterocycles. The summed E-state index contributed by atoms with van der Waals surface area (Å²) in [6.45, 7) is 4.21. The maximum absolute atomic E-state index is 12.0. The molecular formula is C14H20ClN3O2S. The molecule has 4 N–H and O–H groups in total. The number of hydrogen-bond donors (Lipinski definition) is 3. The summed E-state index contributed by atoms with van der Waals surface area (Å²) in [6.07, 6.45) is 0. The molecule has 1 rings (SSSR count). The average Bonchev–Trinajstić information content (AvgIpc) is 2.42. The van der Waals surface area contributed by atoms with E-state index in [1.807, 2.05) is 38.1 Å². The third kappa shape index (κ3) is 6.73.